The lowest BCUT2D eigenvalue weighted by Crippen LogP contribution is -1.95. The van der Waals surface area contributed by atoms with Gasteiger partial charge in [0.1, 0.15) is 10.0 Å². The highest BCUT2D eigenvalue weighted by Crippen LogP contribution is 2.42. The van der Waals surface area contributed by atoms with Gasteiger partial charge in [-0.1, -0.05) is 72.0 Å². The molecule has 0 aliphatic rings. The van der Waals surface area contributed by atoms with Gasteiger partial charge in [0.25, 0.3) is 0 Å². The van der Waals surface area contributed by atoms with Crippen molar-refractivity contribution in [2.45, 2.75) is 0 Å². The molecule has 9 aromatic rings. The molecule has 0 saturated heterocycles. The van der Waals surface area contributed by atoms with Crippen LogP contribution in [0.5, 0.6) is 0 Å². The Morgan fingerprint density at radius 3 is 1.37 bits per heavy atom. The summed E-state index contributed by atoms with van der Waals surface area (Å²) in [7, 11) is 0. The molecule has 6 nitrogen and oxygen atoms in total. The van der Waals surface area contributed by atoms with Crippen molar-refractivity contribution < 1.29 is 0 Å². The quantitative estimate of drug-likeness (QED) is 0.212. The van der Waals surface area contributed by atoms with E-state index in [9.17, 15) is 0 Å². The summed E-state index contributed by atoms with van der Waals surface area (Å²) in [6, 6.07) is 38.0. The van der Waals surface area contributed by atoms with E-state index >= 15 is 0 Å². The SMILES string of the molecule is c1cncc(-n2c3ccccc3c3cccc(-c4nnc(-c5cccc6c7ccccc7n(-c7cccnc7)c56)s4)c32)c1. The zero-order valence-electron chi connectivity index (χ0n) is 22.8. The molecule has 0 spiro atoms. The van der Waals surface area contributed by atoms with Crippen LogP contribution in [-0.4, -0.2) is 29.3 Å². The van der Waals surface area contributed by atoms with Crippen molar-refractivity contribution in [2.24, 2.45) is 0 Å². The lowest BCUT2D eigenvalue weighted by molar-refractivity contribution is 1.09. The molecule has 0 radical (unpaired) electrons. The summed E-state index contributed by atoms with van der Waals surface area (Å²) >= 11 is 1.62. The molecule has 0 fully saturated rings. The largest absolute Gasteiger partial charge is 0.307 e. The number of hydrogen-bond acceptors (Lipinski definition) is 5. The fourth-order valence-corrected chi connectivity index (χ4v) is 7.23. The highest BCUT2D eigenvalue weighted by atomic mass is 32.1. The Balaban J connectivity index is 1.30. The van der Waals surface area contributed by atoms with E-state index in [1.54, 1.807) is 23.7 Å². The fourth-order valence-electron chi connectivity index (χ4n) is 6.33. The summed E-state index contributed by atoms with van der Waals surface area (Å²) in [4.78, 5) is 8.86. The molecule has 202 valence electrons. The van der Waals surface area contributed by atoms with Crippen LogP contribution in [0, 0.1) is 0 Å². The number of benzene rings is 4. The van der Waals surface area contributed by atoms with Gasteiger partial charge >= 0.3 is 0 Å². The summed E-state index contributed by atoms with van der Waals surface area (Å²) < 4.78 is 4.57. The number of nitrogens with zero attached hydrogens (tertiary/aromatic N) is 6. The summed E-state index contributed by atoms with van der Waals surface area (Å²) in [5.74, 6) is 0. The number of para-hydroxylation sites is 4. The predicted octanol–water partition coefficient (Wildman–Crippen LogP) is 8.86. The smallest absolute Gasteiger partial charge is 0.150 e. The maximum atomic E-state index is 4.80. The lowest BCUT2D eigenvalue weighted by atomic mass is 10.1. The molecule has 0 bridgehead atoms. The van der Waals surface area contributed by atoms with E-state index in [0.29, 0.717) is 0 Å². The van der Waals surface area contributed by atoms with Gasteiger partial charge in [-0.3, -0.25) is 9.97 Å². The lowest BCUT2D eigenvalue weighted by Gasteiger charge is -2.10. The molecule has 4 aromatic carbocycles. The standard InChI is InChI=1S/C36H22N6S/c1-3-17-31-25(11-1)27-13-5-15-29(33(27)41(31)23-9-7-19-37-21-23)35-39-40-36(43-35)30-16-6-14-28-26-12-2-4-18-32(26)42(34(28)30)24-10-8-20-38-22-24/h1-22H. The highest BCUT2D eigenvalue weighted by Gasteiger charge is 2.21. The normalized spacial score (nSPS) is 11.7. The minimum absolute atomic E-state index is 0.870. The molecule has 5 heterocycles. The molecule has 0 aliphatic heterocycles. The van der Waals surface area contributed by atoms with E-state index in [4.69, 9.17) is 10.2 Å². The highest BCUT2D eigenvalue weighted by molar-refractivity contribution is 7.18. The van der Waals surface area contributed by atoms with Gasteiger partial charge in [0, 0.05) is 45.1 Å². The third-order valence-electron chi connectivity index (χ3n) is 8.08. The van der Waals surface area contributed by atoms with Crippen molar-refractivity contribution in [3.8, 4) is 32.5 Å². The fraction of sp³-hybridized carbons (Fsp3) is 0. The summed E-state index contributed by atoms with van der Waals surface area (Å²) in [6.45, 7) is 0. The first kappa shape index (κ1) is 24.0. The third kappa shape index (κ3) is 3.58. The average Bonchev–Trinajstić information content (AvgIpc) is 3.79. The minimum atomic E-state index is 0.870. The van der Waals surface area contributed by atoms with Crippen LogP contribution in [0.25, 0.3) is 76.1 Å². The Hall–Kier alpha value is -5.66. The Labute approximate surface area is 250 Å². The van der Waals surface area contributed by atoms with E-state index in [0.717, 1.165) is 54.6 Å². The van der Waals surface area contributed by atoms with Crippen LogP contribution in [0.2, 0.25) is 0 Å². The Morgan fingerprint density at radius 1 is 0.442 bits per heavy atom. The molecule has 43 heavy (non-hydrogen) atoms. The average molecular weight is 571 g/mol. The molecule has 5 aromatic heterocycles. The Kier molecular flexibility index (Phi) is 5.27. The van der Waals surface area contributed by atoms with Crippen LogP contribution in [0.3, 0.4) is 0 Å². The molecule has 0 saturated carbocycles. The maximum absolute atomic E-state index is 4.80. The number of pyridine rings is 2. The van der Waals surface area contributed by atoms with Crippen molar-refractivity contribution in [2.75, 3.05) is 0 Å². The van der Waals surface area contributed by atoms with Gasteiger partial charge in [-0.15, -0.1) is 10.2 Å². The van der Waals surface area contributed by atoms with E-state index in [-0.39, 0.29) is 0 Å². The van der Waals surface area contributed by atoms with Gasteiger partial charge in [-0.2, -0.15) is 0 Å². The molecule has 0 N–H and O–H groups in total. The van der Waals surface area contributed by atoms with Crippen molar-refractivity contribution in [1.29, 1.82) is 0 Å². The van der Waals surface area contributed by atoms with E-state index < -0.39 is 0 Å². The van der Waals surface area contributed by atoms with Gasteiger partial charge < -0.3 is 9.13 Å². The molecule has 7 heteroatoms. The first-order valence-corrected chi connectivity index (χ1v) is 14.9. The van der Waals surface area contributed by atoms with Crippen molar-refractivity contribution in [3.63, 3.8) is 0 Å². The van der Waals surface area contributed by atoms with E-state index in [1.807, 2.05) is 24.5 Å². The van der Waals surface area contributed by atoms with Gasteiger partial charge in [0.15, 0.2) is 0 Å². The third-order valence-corrected chi connectivity index (χ3v) is 9.07. The van der Waals surface area contributed by atoms with Crippen LogP contribution in [0.15, 0.2) is 134 Å². The van der Waals surface area contributed by atoms with Crippen LogP contribution in [0.4, 0.5) is 0 Å². The number of rotatable bonds is 4. The molecule has 0 unspecified atom stereocenters. The van der Waals surface area contributed by atoms with Crippen molar-refractivity contribution in [3.05, 3.63) is 134 Å². The van der Waals surface area contributed by atoms with Crippen LogP contribution >= 0.6 is 11.3 Å². The predicted molar refractivity (Wildman–Crippen MR) is 175 cm³/mol. The molecule has 0 amide bonds. The molecule has 9 rings (SSSR count). The van der Waals surface area contributed by atoms with Gasteiger partial charge in [-0.25, -0.2) is 0 Å². The minimum Gasteiger partial charge on any atom is -0.307 e. The van der Waals surface area contributed by atoms with Gasteiger partial charge in [0.2, 0.25) is 0 Å². The maximum Gasteiger partial charge on any atom is 0.150 e. The second kappa shape index (κ2) is 9.44. The first-order valence-electron chi connectivity index (χ1n) is 14.1. The Morgan fingerprint density at radius 2 is 0.907 bits per heavy atom. The van der Waals surface area contributed by atoms with Crippen LogP contribution in [-0.2, 0) is 0 Å². The van der Waals surface area contributed by atoms with Crippen molar-refractivity contribution in [1.82, 2.24) is 29.3 Å². The van der Waals surface area contributed by atoms with Crippen molar-refractivity contribution >= 4 is 54.9 Å². The number of fused-ring (bicyclic) bond motifs is 6. The number of aromatic nitrogens is 6. The van der Waals surface area contributed by atoms with Crippen LogP contribution < -0.4 is 0 Å². The number of hydrogen-bond donors (Lipinski definition) is 0. The van der Waals surface area contributed by atoms with E-state index in [2.05, 4.69) is 116 Å². The molecule has 0 atom stereocenters. The second-order valence-electron chi connectivity index (χ2n) is 10.4. The molecular weight excluding hydrogens is 549 g/mol. The summed E-state index contributed by atoms with van der Waals surface area (Å²) in [6.07, 6.45) is 7.43. The summed E-state index contributed by atoms with van der Waals surface area (Å²) in [5.41, 5.74) is 8.57. The molecule has 0 aliphatic carbocycles. The monoisotopic (exact) mass is 570 g/mol. The topological polar surface area (TPSA) is 61.4 Å². The van der Waals surface area contributed by atoms with Gasteiger partial charge in [-0.05, 0) is 48.5 Å². The Bertz CT molecular complexity index is 2280. The molecular formula is C36H22N6S. The summed E-state index contributed by atoms with van der Waals surface area (Å²) in [5, 5.41) is 16.1. The second-order valence-corrected chi connectivity index (χ2v) is 11.4. The first-order chi connectivity index (χ1) is 21.4. The van der Waals surface area contributed by atoms with Crippen LogP contribution in [0.1, 0.15) is 0 Å². The zero-order valence-corrected chi connectivity index (χ0v) is 23.6. The zero-order chi connectivity index (χ0) is 28.3. The van der Waals surface area contributed by atoms with E-state index in [1.165, 1.54) is 21.5 Å². The van der Waals surface area contributed by atoms with Gasteiger partial charge in [0.05, 0.1) is 45.8 Å².